The summed E-state index contributed by atoms with van der Waals surface area (Å²) in [7, 11) is 0. The Balaban J connectivity index is 1.93. The van der Waals surface area contributed by atoms with Crippen LogP contribution in [0.5, 0.6) is 0 Å². The van der Waals surface area contributed by atoms with Crippen molar-refractivity contribution < 1.29 is 18.1 Å². The summed E-state index contributed by atoms with van der Waals surface area (Å²) < 4.78 is 39.3. The number of aromatic nitrogens is 3. The van der Waals surface area contributed by atoms with E-state index in [9.17, 15) is 23.3 Å². The van der Waals surface area contributed by atoms with Crippen LogP contribution < -0.4 is 5.43 Å². The van der Waals surface area contributed by atoms with Crippen LogP contribution in [0.1, 0.15) is 18.3 Å². The minimum absolute atomic E-state index is 0.0770. The van der Waals surface area contributed by atoms with Gasteiger partial charge in [-0.1, -0.05) is 11.8 Å². The lowest BCUT2D eigenvalue weighted by molar-refractivity contribution is -0.384. The van der Waals surface area contributed by atoms with Crippen LogP contribution in [0.15, 0.2) is 29.4 Å². The second-order valence-corrected chi connectivity index (χ2v) is 6.08. The highest BCUT2D eigenvalue weighted by molar-refractivity contribution is 8.00. The van der Waals surface area contributed by atoms with E-state index in [0.29, 0.717) is 5.56 Å². The maximum absolute atomic E-state index is 12.8. The fraction of sp³-hybridized carbons (Fsp3) is 0.273. The smallest absolute Gasteiger partial charge is 0.301 e. The maximum atomic E-state index is 12.8. The lowest BCUT2D eigenvalue weighted by Crippen LogP contribution is -2.32. The number of hydrogen-bond acceptors (Lipinski definition) is 6. The quantitative estimate of drug-likeness (QED) is 0.673. The molecule has 0 amide bonds. The number of nitrogens with one attached hydrogen (secondary N) is 1. The van der Waals surface area contributed by atoms with Crippen LogP contribution in [0.4, 0.5) is 18.9 Å². The molecule has 0 spiro atoms. The average molecular weight is 331 g/mol. The van der Waals surface area contributed by atoms with E-state index in [1.54, 1.807) is 6.92 Å². The van der Waals surface area contributed by atoms with Crippen LogP contribution in [-0.4, -0.2) is 19.8 Å². The molecule has 0 bridgehead atoms. The van der Waals surface area contributed by atoms with Gasteiger partial charge < -0.3 is 5.43 Å². The highest BCUT2D eigenvalue weighted by atomic mass is 32.2. The third-order valence-electron chi connectivity index (χ3n) is 3.14. The zero-order valence-electron chi connectivity index (χ0n) is 11.0. The van der Waals surface area contributed by atoms with Gasteiger partial charge in [0.25, 0.3) is 11.5 Å². The Kier molecular flexibility index (Phi) is 3.06. The summed E-state index contributed by atoms with van der Waals surface area (Å²) in [6.45, 7) is 1.66. The van der Waals surface area contributed by atoms with Gasteiger partial charge in [0.1, 0.15) is 4.87 Å². The molecular formula is C11H8F3N5O2S. The fourth-order valence-electron chi connectivity index (χ4n) is 2.06. The van der Waals surface area contributed by atoms with Crippen LogP contribution in [0, 0.1) is 10.1 Å². The number of nitrogens with zero attached hydrogens (tertiary/aromatic N) is 4. The summed E-state index contributed by atoms with van der Waals surface area (Å²) in [5.74, 6) is -1.14. The minimum Gasteiger partial charge on any atom is -0.301 e. The zero-order valence-corrected chi connectivity index (χ0v) is 11.8. The van der Waals surface area contributed by atoms with E-state index >= 15 is 0 Å². The van der Waals surface area contributed by atoms with E-state index in [1.807, 2.05) is 0 Å². The highest BCUT2D eigenvalue weighted by Gasteiger charge is 2.45. The van der Waals surface area contributed by atoms with E-state index in [4.69, 9.17) is 0 Å². The predicted molar refractivity (Wildman–Crippen MR) is 70.7 cm³/mol. The first-order valence-corrected chi connectivity index (χ1v) is 6.77. The minimum atomic E-state index is -4.63. The third-order valence-corrected chi connectivity index (χ3v) is 4.32. The highest BCUT2D eigenvalue weighted by Crippen LogP contribution is 2.45. The Labute approximate surface area is 125 Å². The first-order chi connectivity index (χ1) is 10.2. The number of fused-ring (bicyclic) bond motifs is 1. The lowest BCUT2D eigenvalue weighted by atomic mass is 10.1. The molecule has 0 saturated carbocycles. The predicted octanol–water partition coefficient (Wildman–Crippen LogP) is 2.73. The molecule has 1 atom stereocenters. The van der Waals surface area contributed by atoms with E-state index < -0.39 is 21.8 Å². The Hall–Kier alpha value is -2.30. The van der Waals surface area contributed by atoms with Gasteiger partial charge in [-0.05, 0) is 24.6 Å². The Morgan fingerprint density at radius 3 is 2.50 bits per heavy atom. The van der Waals surface area contributed by atoms with Crippen LogP contribution in [-0.2, 0) is 11.0 Å². The van der Waals surface area contributed by atoms with E-state index in [0.717, 1.165) is 16.4 Å². The van der Waals surface area contributed by atoms with Gasteiger partial charge in [-0.25, -0.2) is 4.68 Å². The van der Waals surface area contributed by atoms with Crippen molar-refractivity contribution in [3.63, 3.8) is 0 Å². The first kappa shape index (κ1) is 14.6. The number of halogens is 3. The van der Waals surface area contributed by atoms with Crippen molar-refractivity contribution in [2.45, 2.75) is 23.1 Å². The summed E-state index contributed by atoms with van der Waals surface area (Å²) >= 11 is 1.05. The van der Waals surface area contributed by atoms with Crippen LogP contribution in [0.2, 0.25) is 0 Å². The van der Waals surface area contributed by atoms with E-state index in [2.05, 4.69) is 15.6 Å². The number of rotatable bonds is 2. The Morgan fingerprint density at radius 2 is 1.95 bits per heavy atom. The number of alkyl halides is 3. The Bertz CT molecular complexity index is 745. The number of nitro benzene ring substituents is 1. The van der Waals surface area contributed by atoms with Crippen molar-refractivity contribution in [3.05, 3.63) is 45.8 Å². The van der Waals surface area contributed by atoms with Gasteiger partial charge >= 0.3 is 6.18 Å². The first-order valence-electron chi connectivity index (χ1n) is 5.95. The molecule has 0 aliphatic carbocycles. The third kappa shape index (κ3) is 2.26. The molecule has 0 fully saturated rings. The number of hydrogen-bond donors (Lipinski definition) is 1. The zero-order chi connectivity index (χ0) is 16.1. The van der Waals surface area contributed by atoms with Gasteiger partial charge in [0.15, 0.2) is 0 Å². The second kappa shape index (κ2) is 4.60. The summed E-state index contributed by atoms with van der Waals surface area (Å²) in [5, 5.41) is 17.4. The van der Waals surface area contributed by atoms with E-state index in [1.165, 1.54) is 24.3 Å². The molecule has 1 unspecified atom stereocenters. The van der Waals surface area contributed by atoms with Gasteiger partial charge in [0, 0.05) is 12.1 Å². The molecule has 116 valence electrons. The van der Waals surface area contributed by atoms with Crippen LogP contribution >= 0.6 is 11.8 Å². The summed E-state index contributed by atoms with van der Waals surface area (Å²) in [6.07, 6.45) is -4.63. The largest absolute Gasteiger partial charge is 0.453 e. The van der Waals surface area contributed by atoms with Crippen molar-refractivity contribution in [3.8, 4) is 0 Å². The molecule has 0 radical (unpaired) electrons. The Morgan fingerprint density at radius 1 is 1.32 bits per heavy atom. The summed E-state index contributed by atoms with van der Waals surface area (Å²) in [6, 6.07) is 5.58. The summed E-state index contributed by atoms with van der Waals surface area (Å²) in [4.78, 5) is 9.17. The molecule has 3 rings (SSSR count). The van der Waals surface area contributed by atoms with Crippen LogP contribution in [0.3, 0.4) is 0 Å². The fourth-order valence-corrected chi connectivity index (χ4v) is 3.12. The SMILES string of the molecule is CC1(c2ccc([N+](=O)[O-])cc2)Nn2c(nnc2C(F)(F)F)S1. The van der Waals surface area contributed by atoms with Gasteiger partial charge in [0.05, 0.1) is 4.92 Å². The molecule has 0 saturated heterocycles. The van der Waals surface area contributed by atoms with Crippen molar-refractivity contribution in [1.82, 2.24) is 14.9 Å². The second-order valence-electron chi connectivity index (χ2n) is 4.69. The monoisotopic (exact) mass is 331 g/mol. The van der Waals surface area contributed by atoms with Crippen molar-refractivity contribution in [2.24, 2.45) is 0 Å². The molecule has 1 N–H and O–H groups in total. The van der Waals surface area contributed by atoms with Gasteiger partial charge in [-0.15, -0.1) is 10.2 Å². The molecule has 2 heterocycles. The average Bonchev–Trinajstić information content (AvgIpc) is 2.94. The molecule has 1 aliphatic heterocycles. The molecule has 11 heteroatoms. The number of nitro groups is 1. The molecule has 2 aromatic rings. The summed E-state index contributed by atoms with van der Waals surface area (Å²) in [5.41, 5.74) is 3.19. The van der Waals surface area contributed by atoms with Crippen molar-refractivity contribution in [2.75, 3.05) is 5.43 Å². The topological polar surface area (TPSA) is 85.9 Å². The van der Waals surface area contributed by atoms with Crippen LogP contribution in [0.25, 0.3) is 0 Å². The van der Waals surface area contributed by atoms with E-state index in [-0.39, 0.29) is 10.8 Å². The van der Waals surface area contributed by atoms with Gasteiger partial charge in [-0.3, -0.25) is 10.1 Å². The molecular weight excluding hydrogens is 323 g/mol. The molecule has 1 aliphatic rings. The lowest BCUT2D eigenvalue weighted by Gasteiger charge is -2.24. The molecule has 22 heavy (non-hydrogen) atoms. The number of thioether (sulfide) groups is 1. The standard InChI is InChI=1S/C11H8F3N5O2S/c1-10(6-2-4-7(5-3-6)19(20)21)17-18-8(11(12,13)14)15-16-9(18)22-10/h2-5,17H,1H3. The van der Waals surface area contributed by atoms with Gasteiger partial charge in [0.2, 0.25) is 5.16 Å². The number of benzene rings is 1. The number of non-ortho nitro benzene ring substituents is 1. The van der Waals surface area contributed by atoms with Crippen molar-refractivity contribution in [1.29, 1.82) is 0 Å². The normalized spacial score (nSPS) is 20.5. The molecule has 1 aromatic carbocycles. The molecule has 7 nitrogen and oxygen atoms in total. The maximum Gasteiger partial charge on any atom is 0.453 e. The molecule has 1 aromatic heterocycles. The van der Waals surface area contributed by atoms with Crippen molar-refractivity contribution >= 4 is 17.4 Å². The van der Waals surface area contributed by atoms with Gasteiger partial charge in [-0.2, -0.15) is 13.2 Å².